The van der Waals surface area contributed by atoms with Gasteiger partial charge in [-0.2, -0.15) is 0 Å². The van der Waals surface area contributed by atoms with E-state index in [4.69, 9.17) is 0 Å². The summed E-state index contributed by atoms with van der Waals surface area (Å²) in [6.45, 7) is 4.84. The van der Waals surface area contributed by atoms with Crippen molar-refractivity contribution in [2.45, 2.75) is 38.8 Å². The van der Waals surface area contributed by atoms with Crippen LogP contribution in [0, 0.1) is 0 Å². The van der Waals surface area contributed by atoms with Crippen molar-refractivity contribution in [3.63, 3.8) is 0 Å². The molecular weight excluding hydrogens is 278 g/mol. The van der Waals surface area contributed by atoms with Crippen LogP contribution in [0.5, 0.6) is 0 Å². The Balaban J connectivity index is 1.93. The van der Waals surface area contributed by atoms with Crippen LogP contribution >= 0.6 is 0 Å². The molecule has 5 nitrogen and oxygen atoms in total. The molecule has 2 rings (SSSR count). The second-order valence-corrected chi connectivity index (χ2v) is 5.55. The quantitative estimate of drug-likeness (QED) is 0.824. The van der Waals surface area contributed by atoms with E-state index in [0.29, 0.717) is 18.4 Å². The highest BCUT2D eigenvalue weighted by atomic mass is 16.3. The van der Waals surface area contributed by atoms with E-state index in [1.165, 1.54) is 0 Å². The van der Waals surface area contributed by atoms with Gasteiger partial charge in [-0.3, -0.25) is 4.79 Å². The minimum atomic E-state index is -0.822. The molecule has 0 spiro atoms. The number of nitrogens with one attached hydrogen (secondary N) is 1. The zero-order valence-corrected chi connectivity index (χ0v) is 13.1. The van der Waals surface area contributed by atoms with Gasteiger partial charge in [0.05, 0.1) is 11.9 Å². The lowest BCUT2D eigenvalue weighted by Gasteiger charge is -2.25. The molecule has 118 valence electrons. The molecule has 22 heavy (non-hydrogen) atoms. The first-order valence-corrected chi connectivity index (χ1v) is 7.61. The smallest absolute Gasteiger partial charge is 0.251 e. The van der Waals surface area contributed by atoms with Crippen LogP contribution in [0.4, 0.5) is 0 Å². The molecule has 1 aromatic carbocycles. The number of carbonyl (C=O) groups is 1. The first kappa shape index (κ1) is 16.2. The van der Waals surface area contributed by atoms with Gasteiger partial charge in [0.2, 0.25) is 0 Å². The zero-order valence-electron chi connectivity index (χ0n) is 13.1. The van der Waals surface area contributed by atoms with Crippen molar-refractivity contribution < 1.29 is 9.90 Å². The van der Waals surface area contributed by atoms with E-state index >= 15 is 0 Å². The van der Waals surface area contributed by atoms with Crippen LogP contribution in [-0.4, -0.2) is 32.7 Å². The van der Waals surface area contributed by atoms with Gasteiger partial charge in [-0.05, 0) is 30.5 Å². The van der Waals surface area contributed by atoms with Gasteiger partial charge in [0, 0.05) is 31.0 Å². The highest BCUT2D eigenvalue weighted by Crippen LogP contribution is 2.13. The van der Waals surface area contributed by atoms with Gasteiger partial charge < -0.3 is 15.0 Å². The molecule has 5 heteroatoms. The standard InChI is InChI=1S/C17H23N3O2/c1-3-17(22,4-2)12-19-16(21)15-7-5-14(6-8-15)11-20-10-9-18-13-20/h5-10,13,22H,3-4,11-12H2,1-2H3,(H,19,21). The molecule has 0 saturated heterocycles. The molecule has 0 saturated carbocycles. The highest BCUT2D eigenvalue weighted by molar-refractivity contribution is 5.94. The number of rotatable bonds is 7. The molecule has 0 atom stereocenters. The predicted octanol–water partition coefficient (Wildman–Crippen LogP) is 2.21. The maximum absolute atomic E-state index is 12.1. The third-order valence-corrected chi connectivity index (χ3v) is 4.03. The molecule has 0 radical (unpaired) electrons. The second kappa shape index (κ2) is 7.22. The van der Waals surface area contributed by atoms with E-state index < -0.39 is 5.60 Å². The van der Waals surface area contributed by atoms with Crippen LogP contribution in [-0.2, 0) is 6.54 Å². The molecule has 0 unspecified atom stereocenters. The normalized spacial score (nSPS) is 11.4. The van der Waals surface area contributed by atoms with Crippen molar-refractivity contribution in [2.75, 3.05) is 6.54 Å². The van der Waals surface area contributed by atoms with Crippen LogP contribution < -0.4 is 5.32 Å². The number of imidazole rings is 1. The van der Waals surface area contributed by atoms with E-state index in [1.807, 2.05) is 36.7 Å². The Bertz CT molecular complexity index is 587. The Morgan fingerprint density at radius 3 is 2.50 bits per heavy atom. The monoisotopic (exact) mass is 301 g/mol. The maximum Gasteiger partial charge on any atom is 0.251 e. The highest BCUT2D eigenvalue weighted by Gasteiger charge is 2.22. The lowest BCUT2D eigenvalue weighted by atomic mass is 9.97. The van der Waals surface area contributed by atoms with Crippen LogP contribution in [0.25, 0.3) is 0 Å². The van der Waals surface area contributed by atoms with Crippen molar-refractivity contribution >= 4 is 5.91 Å². The summed E-state index contributed by atoms with van der Waals surface area (Å²) in [7, 11) is 0. The minimum absolute atomic E-state index is 0.158. The molecular formula is C17H23N3O2. The molecule has 0 aliphatic carbocycles. The van der Waals surface area contributed by atoms with Crippen LogP contribution in [0.15, 0.2) is 43.0 Å². The molecule has 1 heterocycles. The fraction of sp³-hybridized carbons (Fsp3) is 0.412. The van der Waals surface area contributed by atoms with E-state index in [0.717, 1.165) is 12.1 Å². The molecule has 1 amide bonds. The van der Waals surface area contributed by atoms with Gasteiger partial charge in [-0.1, -0.05) is 26.0 Å². The lowest BCUT2D eigenvalue weighted by Crippen LogP contribution is -2.42. The fourth-order valence-electron chi connectivity index (χ4n) is 2.20. The molecule has 0 bridgehead atoms. The van der Waals surface area contributed by atoms with E-state index in [1.54, 1.807) is 24.7 Å². The zero-order chi connectivity index (χ0) is 16.0. The summed E-state index contributed by atoms with van der Waals surface area (Å²) < 4.78 is 1.97. The summed E-state index contributed by atoms with van der Waals surface area (Å²) in [4.78, 5) is 16.1. The van der Waals surface area contributed by atoms with Crippen LogP contribution in [0.1, 0.15) is 42.6 Å². The molecule has 0 fully saturated rings. The first-order chi connectivity index (χ1) is 10.6. The van der Waals surface area contributed by atoms with Crippen LogP contribution in [0.3, 0.4) is 0 Å². The Morgan fingerprint density at radius 1 is 1.27 bits per heavy atom. The van der Waals surface area contributed by atoms with Gasteiger partial charge in [0.25, 0.3) is 5.91 Å². The molecule has 1 aromatic heterocycles. The molecule has 0 aliphatic rings. The van der Waals surface area contributed by atoms with E-state index in [2.05, 4.69) is 10.3 Å². The second-order valence-electron chi connectivity index (χ2n) is 5.55. The topological polar surface area (TPSA) is 67.2 Å². The number of aliphatic hydroxyl groups is 1. The summed E-state index contributed by atoms with van der Waals surface area (Å²) in [6.07, 6.45) is 6.64. The Morgan fingerprint density at radius 2 is 1.95 bits per heavy atom. The van der Waals surface area contributed by atoms with Gasteiger partial charge in [-0.15, -0.1) is 0 Å². The van der Waals surface area contributed by atoms with Crippen molar-refractivity contribution in [2.24, 2.45) is 0 Å². The van der Waals surface area contributed by atoms with Crippen molar-refractivity contribution in [1.82, 2.24) is 14.9 Å². The number of nitrogens with zero attached hydrogens (tertiary/aromatic N) is 2. The average Bonchev–Trinajstić information content (AvgIpc) is 3.06. The maximum atomic E-state index is 12.1. The summed E-state index contributed by atoms with van der Waals surface area (Å²) in [5.74, 6) is -0.158. The van der Waals surface area contributed by atoms with Crippen molar-refractivity contribution in [3.8, 4) is 0 Å². The number of amides is 1. The Labute approximate surface area is 131 Å². The van der Waals surface area contributed by atoms with E-state index in [-0.39, 0.29) is 12.5 Å². The molecule has 2 aromatic rings. The van der Waals surface area contributed by atoms with Gasteiger partial charge in [0.1, 0.15) is 0 Å². The van der Waals surface area contributed by atoms with Gasteiger partial charge in [0.15, 0.2) is 0 Å². The predicted molar refractivity (Wildman–Crippen MR) is 85.6 cm³/mol. The number of hydrogen-bond donors (Lipinski definition) is 2. The SMILES string of the molecule is CCC(O)(CC)CNC(=O)c1ccc(Cn2ccnc2)cc1. The minimum Gasteiger partial charge on any atom is -0.388 e. The number of hydrogen-bond acceptors (Lipinski definition) is 3. The number of benzene rings is 1. The Kier molecular flexibility index (Phi) is 5.33. The van der Waals surface area contributed by atoms with Gasteiger partial charge >= 0.3 is 0 Å². The summed E-state index contributed by atoms with van der Waals surface area (Å²) >= 11 is 0. The number of carbonyl (C=O) groups excluding carboxylic acids is 1. The summed E-state index contributed by atoms with van der Waals surface area (Å²) in [5, 5.41) is 13.0. The fourth-order valence-corrected chi connectivity index (χ4v) is 2.20. The summed E-state index contributed by atoms with van der Waals surface area (Å²) in [6, 6.07) is 7.47. The number of aromatic nitrogens is 2. The third-order valence-electron chi connectivity index (χ3n) is 4.03. The third kappa shape index (κ3) is 4.18. The summed E-state index contributed by atoms with van der Waals surface area (Å²) in [5.41, 5.74) is 0.883. The van der Waals surface area contributed by atoms with Crippen molar-refractivity contribution in [1.29, 1.82) is 0 Å². The van der Waals surface area contributed by atoms with Crippen LogP contribution in [0.2, 0.25) is 0 Å². The van der Waals surface area contributed by atoms with E-state index in [9.17, 15) is 9.90 Å². The molecule has 2 N–H and O–H groups in total. The first-order valence-electron chi connectivity index (χ1n) is 7.61. The molecule has 0 aliphatic heterocycles. The van der Waals surface area contributed by atoms with Gasteiger partial charge in [-0.25, -0.2) is 4.98 Å². The largest absolute Gasteiger partial charge is 0.388 e. The average molecular weight is 301 g/mol. The van der Waals surface area contributed by atoms with Crippen molar-refractivity contribution in [3.05, 3.63) is 54.1 Å². The Hall–Kier alpha value is -2.14. The lowest BCUT2D eigenvalue weighted by molar-refractivity contribution is 0.0314.